The fourth-order valence-electron chi connectivity index (χ4n) is 2.79. The van der Waals surface area contributed by atoms with Crippen LogP contribution in [0.2, 0.25) is 0 Å². The first-order valence-corrected chi connectivity index (χ1v) is 7.46. The number of hydrogen-bond donors (Lipinski definition) is 1. The van der Waals surface area contributed by atoms with Crippen molar-refractivity contribution in [3.8, 4) is 5.75 Å². The molecule has 0 aliphatic carbocycles. The summed E-state index contributed by atoms with van der Waals surface area (Å²) in [4.78, 5) is 26.7. The molecule has 2 amide bonds. The molecule has 0 saturated carbocycles. The maximum absolute atomic E-state index is 13.0. The highest BCUT2D eigenvalue weighted by molar-refractivity contribution is 6.11. The van der Waals surface area contributed by atoms with E-state index in [1.807, 2.05) is 25.1 Å². The third kappa shape index (κ3) is 2.90. The lowest BCUT2D eigenvalue weighted by molar-refractivity contribution is -0.116. The van der Waals surface area contributed by atoms with Crippen molar-refractivity contribution in [3.63, 3.8) is 0 Å². The molecule has 0 fully saturated rings. The lowest BCUT2D eigenvalue weighted by Crippen LogP contribution is -2.39. The van der Waals surface area contributed by atoms with E-state index in [9.17, 15) is 9.59 Å². The van der Waals surface area contributed by atoms with Crippen LogP contribution in [0, 0.1) is 0 Å². The van der Waals surface area contributed by atoms with Crippen LogP contribution in [0.1, 0.15) is 23.7 Å². The molecule has 118 valence electrons. The van der Waals surface area contributed by atoms with Gasteiger partial charge < -0.3 is 15.0 Å². The molecule has 2 aromatic carbocycles. The summed E-state index contributed by atoms with van der Waals surface area (Å²) in [6, 6.07) is 14.1. The van der Waals surface area contributed by atoms with E-state index in [0.29, 0.717) is 22.7 Å². The lowest BCUT2D eigenvalue weighted by Gasteiger charge is -2.28. The highest BCUT2D eigenvalue weighted by Gasteiger charge is 2.30. The van der Waals surface area contributed by atoms with Crippen LogP contribution >= 0.6 is 0 Å². The zero-order valence-electron chi connectivity index (χ0n) is 13.1. The summed E-state index contributed by atoms with van der Waals surface area (Å²) in [6.07, 6.45) is 0.254. The predicted octanol–water partition coefficient (Wildman–Crippen LogP) is 3.07. The Labute approximate surface area is 134 Å². The number of amides is 2. The first-order chi connectivity index (χ1) is 11.1. The second-order valence-electron chi connectivity index (χ2n) is 5.53. The van der Waals surface area contributed by atoms with Gasteiger partial charge >= 0.3 is 0 Å². The SMILES string of the molecule is COc1cccc(C(=O)N2c3ccccc3NC(=O)CC2C)c1. The summed E-state index contributed by atoms with van der Waals surface area (Å²) in [7, 11) is 1.57. The number of nitrogens with zero attached hydrogens (tertiary/aromatic N) is 1. The Bertz CT molecular complexity index is 757. The van der Waals surface area contributed by atoms with Crippen LogP contribution in [-0.4, -0.2) is 25.0 Å². The standard InChI is InChI=1S/C18H18N2O3/c1-12-10-17(21)19-15-8-3-4-9-16(15)20(12)18(22)13-6-5-7-14(11-13)23-2/h3-9,11-12H,10H2,1-2H3,(H,19,21). The van der Waals surface area contributed by atoms with Gasteiger partial charge in [-0.3, -0.25) is 9.59 Å². The fraction of sp³-hybridized carbons (Fsp3) is 0.222. The minimum atomic E-state index is -0.239. The predicted molar refractivity (Wildman–Crippen MR) is 89.0 cm³/mol. The molecule has 0 radical (unpaired) electrons. The van der Waals surface area contributed by atoms with E-state index in [1.54, 1.807) is 42.3 Å². The fourth-order valence-corrected chi connectivity index (χ4v) is 2.79. The molecule has 5 heteroatoms. The van der Waals surface area contributed by atoms with E-state index in [4.69, 9.17) is 4.74 Å². The highest BCUT2D eigenvalue weighted by atomic mass is 16.5. The summed E-state index contributed by atoms with van der Waals surface area (Å²) in [5.41, 5.74) is 1.89. The second kappa shape index (κ2) is 6.12. The molecule has 0 saturated heterocycles. The molecule has 1 atom stereocenters. The van der Waals surface area contributed by atoms with Crippen LogP contribution < -0.4 is 15.0 Å². The zero-order valence-corrected chi connectivity index (χ0v) is 13.1. The van der Waals surface area contributed by atoms with Crippen molar-refractivity contribution < 1.29 is 14.3 Å². The Hall–Kier alpha value is -2.82. The topological polar surface area (TPSA) is 58.6 Å². The summed E-state index contributed by atoms with van der Waals surface area (Å²) in [5, 5.41) is 2.85. The van der Waals surface area contributed by atoms with Crippen molar-refractivity contribution in [2.24, 2.45) is 0 Å². The quantitative estimate of drug-likeness (QED) is 0.927. The van der Waals surface area contributed by atoms with E-state index in [2.05, 4.69) is 5.32 Å². The van der Waals surface area contributed by atoms with Gasteiger partial charge in [0.1, 0.15) is 5.75 Å². The Morgan fingerprint density at radius 3 is 2.78 bits per heavy atom. The monoisotopic (exact) mass is 310 g/mol. The lowest BCUT2D eigenvalue weighted by atomic mass is 10.1. The van der Waals surface area contributed by atoms with Crippen molar-refractivity contribution in [1.82, 2.24) is 0 Å². The number of carbonyl (C=O) groups excluding carboxylic acids is 2. The number of para-hydroxylation sites is 2. The second-order valence-corrected chi connectivity index (χ2v) is 5.53. The van der Waals surface area contributed by atoms with E-state index in [0.717, 1.165) is 0 Å². The zero-order chi connectivity index (χ0) is 16.4. The van der Waals surface area contributed by atoms with Gasteiger partial charge in [0.25, 0.3) is 5.91 Å². The van der Waals surface area contributed by atoms with Gasteiger partial charge in [-0.1, -0.05) is 18.2 Å². The molecule has 5 nitrogen and oxygen atoms in total. The molecular formula is C18H18N2O3. The molecule has 1 aliphatic heterocycles. The smallest absolute Gasteiger partial charge is 0.258 e. The number of anilines is 2. The van der Waals surface area contributed by atoms with Crippen molar-refractivity contribution in [2.75, 3.05) is 17.3 Å². The van der Waals surface area contributed by atoms with Gasteiger partial charge in [-0.05, 0) is 37.3 Å². The Morgan fingerprint density at radius 2 is 2.00 bits per heavy atom. The minimum Gasteiger partial charge on any atom is -0.497 e. The molecule has 3 rings (SSSR count). The van der Waals surface area contributed by atoms with Crippen LogP contribution in [-0.2, 0) is 4.79 Å². The van der Waals surface area contributed by atoms with Gasteiger partial charge in [-0.25, -0.2) is 0 Å². The molecule has 2 aromatic rings. The van der Waals surface area contributed by atoms with Crippen LogP contribution in [0.4, 0.5) is 11.4 Å². The van der Waals surface area contributed by atoms with Crippen LogP contribution in [0.3, 0.4) is 0 Å². The Kier molecular flexibility index (Phi) is 4.02. The van der Waals surface area contributed by atoms with Crippen LogP contribution in [0.15, 0.2) is 48.5 Å². The molecular weight excluding hydrogens is 292 g/mol. The van der Waals surface area contributed by atoms with E-state index >= 15 is 0 Å². The van der Waals surface area contributed by atoms with Crippen LogP contribution in [0.25, 0.3) is 0 Å². The summed E-state index contributed by atoms with van der Waals surface area (Å²) in [6.45, 7) is 1.87. The number of carbonyl (C=O) groups is 2. The van der Waals surface area contributed by atoms with Gasteiger partial charge in [-0.15, -0.1) is 0 Å². The molecule has 1 aliphatic rings. The third-order valence-electron chi connectivity index (χ3n) is 3.89. The van der Waals surface area contributed by atoms with Crippen molar-refractivity contribution in [3.05, 3.63) is 54.1 Å². The molecule has 0 spiro atoms. The molecule has 1 N–H and O–H groups in total. The molecule has 1 heterocycles. The van der Waals surface area contributed by atoms with Gasteiger partial charge in [0, 0.05) is 18.0 Å². The van der Waals surface area contributed by atoms with Crippen molar-refractivity contribution >= 4 is 23.2 Å². The van der Waals surface area contributed by atoms with Gasteiger partial charge in [0.2, 0.25) is 5.91 Å². The first kappa shape index (κ1) is 15.1. The van der Waals surface area contributed by atoms with Crippen LogP contribution in [0.5, 0.6) is 5.75 Å². The van der Waals surface area contributed by atoms with E-state index < -0.39 is 0 Å². The normalized spacial score (nSPS) is 17.0. The summed E-state index contributed by atoms with van der Waals surface area (Å²) in [5.74, 6) is 0.382. The first-order valence-electron chi connectivity index (χ1n) is 7.46. The molecule has 1 unspecified atom stereocenters. The maximum Gasteiger partial charge on any atom is 0.258 e. The average molecular weight is 310 g/mol. The highest BCUT2D eigenvalue weighted by Crippen LogP contribution is 2.32. The number of ether oxygens (including phenoxy) is 1. The third-order valence-corrected chi connectivity index (χ3v) is 3.89. The molecule has 0 aromatic heterocycles. The number of benzene rings is 2. The number of hydrogen-bond acceptors (Lipinski definition) is 3. The van der Waals surface area contributed by atoms with Gasteiger partial charge in [0.05, 0.1) is 18.5 Å². The van der Waals surface area contributed by atoms with Crippen molar-refractivity contribution in [1.29, 1.82) is 0 Å². The summed E-state index contributed by atoms with van der Waals surface area (Å²) < 4.78 is 5.19. The number of methoxy groups -OCH3 is 1. The van der Waals surface area contributed by atoms with E-state index in [-0.39, 0.29) is 24.3 Å². The average Bonchev–Trinajstić information content (AvgIpc) is 2.68. The van der Waals surface area contributed by atoms with Gasteiger partial charge in [-0.2, -0.15) is 0 Å². The molecule has 0 bridgehead atoms. The largest absolute Gasteiger partial charge is 0.497 e. The number of nitrogens with one attached hydrogen (secondary N) is 1. The number of rotatable bonds is 2. The Balaban J connectivity index is 2.05. The minimum absolute atomic E-state index is 0.0918. The molecule has 23 heavy (non-hydrogen) atoms. The Morgan fingerprint density at radius 1 is 1.22 bits per heavy atom. The number of fused-ring (bicyclic) bond motifs is 1. The van der Waals surface area contributed by atoms with E-state index in [1.165, 1.54) is 0 Å². The summed E-state index contributed by atoms with van der Waals surface area (Å²) >= 11 is 0. The maximum atomic E-state index is 13.0. The van der Waals surface area contributed by atoms with Gasteiger partial charge in [0.15, 0.2) is 0 Å². The van der Waals surface area contributed by atoms with Crippen molar-refractivity contribution in [2.45, 2.75) is 19.4 Å².